The summed E-state index contributed by atoms with van der Waals surface area (Å²) in [5.41, 5.74) is 1.17. The lowest BCUT2D eigenvalue weighted by atomic mass is 10.3. The minimum atomic E-state index is -0.459. The van der Waals surface area contributed by atoms with Gasteiger partial charge in [-0.1, -0.05) is 23.9 Å². The molecule has 0 spiro atoms. The van der Waals surface area contributed by atoms with Crippen LogP contribution in [0.1, 0.15) is 0 Å². The van der Waals surface area contributed by atoms with E-state index in [0.29, 0.717) is 5.16 Å². The summed E-state index contributed by atoms with van der Waals surface area (Å²) >= 11 is 1.28. The first-order chi connectivity index (χ1) is 13.7. The molecule has 2 aromatic carbocycles. The summed E-state index contributed by atoms with van der Waals surface area (Å²) in [5, 5.41) is 11.7. The molecule has 0 saturated heterocycles. The van der Waals surface area contributed by atoms with Crippen LogP contribution in [0.2, 0.25) is 0 Å². The van der Waals surface area contributed by atoms with E-state index < -0.39 is 5.82 Å². The van der Waals surface area contributed by atoms with Gasteiger partial charge in [-0.15, -0.1) is 10.2 Å². The average molecular weight is 399 g/mol. The molecule has 1 aliphatic heterocycles. The molecule has 144 valence electrons. The van der Waals surface area contributed by atoms with E-state index >= 15 is 0 Å². The van der Waals surface area contributed by atoms with E-state index in [-0.39, 0.29) is 17.3 Å². The predicted molar refractivity (Wildman–Crippen MR) is 106 cm³/mol. The number of nitrogens with one attached hydrogen (secondary N) is 1. The molecule has 0 radical (unpaired) electrons. The number of anilines is 3. The predicted octanol–water partition coefficient (Wildman–Crippen LogP) is 3.31. The van der Waals surface area contributed by atoms with Gasteiger partial charge in [-0.05, 0) is 36.4 Å². The molecule has 28 heavy (non-hydrogen) atoms. The number of thioether (sulfide) groups is 1. The van der Waals surface area contributed by atoms with Crippen LogP contribution in [0.15, 0.2) is 53.7 Å². The van der Waals surface area contributed by atoms with E-state index in [1.165, 1.54) is 23.9 Å². The number of ether oxygens (including phenoxy) is 1. The molecule has 1 aliphatic rings. The molecule has 0 atom stereocenters. The lowest BCUT2D eigenvalue weighted by molar-refractivity contribution is -0.113. The highest BCUT2D eigenvalue weighted by molar-refractivity contribution is 7.99. The Hall–Kier alpha value is -3.07. The maximum absolute atomic E-state index is 13.6. The first-order valence-electron chi connectivity index (χ1n) is 8.67. The van der Waals surface area contributed by atoms with Crippen LogP contribution in [0.25, 0.3) is 0 Å². The number of aromatic nitrogens is 3. The SMILES string of the molecule is COc1ccc(N2CCn3c(SCC(=O)Nc4ccccc4F)nnc32)cc1. The summed E-state index contributed by atoms with van der Waals surface area (Å²) in [4.78, 5) is 14.2. The van der Waals surface area contributed by atoms with Crippen molar-refractivity contribution in [1.82, 2.24) is 14.8 Å². The minimum Gasteiger partial charge on any atom is -0.497 e. The third-order valence-corrected chi connectivity index (χ3v) is 5.32. The Kier molecular flexibility index (Phi) is 5.16. The van der Waals surface area contributed by atoms with E-state index in [9.17, 15) is 9.18 Å². The van der Waals surface area contributed by atoms with E-state index in [0.717, 1.165) is 30.5 Å². The maximum atomic E-state index is 13.6. The number of amides is 1. The zero-order chi connectivity index (χ0) is 19.5. The van der Waals surface area contributed by atoms with Gasteiger partial charge in [0.15, 0.2) is 5.16 Å². The number of hydrogen-bond acceptors (Lipinski definition) is 6. The highest BCUT2D eigenvalue weighted by atomic mass is 32.2. The summed E-state index contributed by atoms with van der Waals surface area (Å²) < 4.78 is 20.8. The van der Waals surface area contributed by atoms with Crippen LogP contribution in [0.4, 0.5) is 21.7 Å². The molecule has 0 fully saturated rings. The number of hydrogen-bond donors (Lipinski definition) is 1. The van der Waals surface area contributed by atoms with Crippen LogP contribution in [0, 0.1) is 5.82 Å². The fraction of sp³-hybridized carbons (Fsp3) is 0.211. The lowest BCUT2D eigenvalue weighted by Crippen LogP contribution is -2.15. The summed E-state index contributed by atoms with van der Waals surface area (Å²) in [5.74, 6) is 0.898. The fourth-order valence-corrected chi connectivity index (χ4v) is 3.73. The van der Waals surface area contributed by atoms with Crippen LogP contribution >= 0.6 is 11.8 Å². The number of nitrogens with zero attached hydrogens (tertiary/aromatic N) is 4. The molecule has 0 unspecified atom stereocenters. The van der Waals surface area contributed by atoms with Crippen molar-refractivity contribution in [2.75, 3.05) is 29.6 Å². The Balaban J connectivity index is 1.41. The maximum Gasteiger partial charge on any atom is 0.234 e. The van der Waals surface area contributed by atoms with Gasteiger partial charge in [-0.3, -0.25) is 9.36 Å². The van der Waals surface area contributed by atoms with Crippen molar-refractivity contribution < 1.29 is 13.9 Å². The first kappa shape index (κ1) is 18.3. The number of carbonyl (C=O) groups is 1. The van der Waals surface area contributed by atoms with Crippen LogP contribution < -0.4 is 15.0 Å². The van der Waals surface area contributed by atoms with E-state index in [1.807, 2.05) is 28.8 Å². The van der Waals surface area contributed by atoms with Crippen LogP contribution in [-0.4, -0.2) is 40.1 Å². The van der Waals surface area contributed by atoms with Crippen molar-refractivity contribution in [1.29, 1.82) is 0 Å². The van der Waals surface area contributed by atoms with Gasteiger partial charge in [0.2, 0.25) is 11.9 Å². The Morgan fingerprint density at radius 3 is 2.71 bits per heavy atom. The molecule has 0 saturated carbocycles. The standard InChI is InChI=1S/C19H18FN5O2S/c1-27-14-8-6-13(7-9-14)24-10-11-25-18(24)22-23-19(25)28-12-17(26)21-16-5-3-2-4-15(16)20/h2-9H,10-12H2,1H3,(H,21,26). The van der Waals surface area contributed by atoms with Crippen molar-refractivity contribution in [3.63, 3.8) is 0 Å². The molecular weight excluding hydrogens is 381 g/mol. The third-order valence-electron chi connectivity index (χ3n) is 4.35. The number of carbonyl (C=O) groups excluding carboxylic acids is 1. The molecule has 3 aromatic rings. The quantitative estimate of drug-likeness (QED) is 0.641. The van der Waals surface area contributed by atoms with Crippen molar-refractivity contribution in [2.24, 2.45) is 0 Å². The first-order valence-corrected chi connectivity index (χ1v) is 9.66. The molecule has 0 bridgehead atoms. The van der Waals surface area contributed by atoms with Gasteiger partial charge in [0.1, 0.15) is 11.6 Å². The molecule has 0 aliphatic carbocycles. The van der Waals surface area contributed by atoms with Crippen molar-refractivity contribution in [3.05, 3.63) is 54.3 Å². The number of methoxy groups -OCH3 is 1. The fourth-order valence-electron chi connectivity index (χ4n) is 2.97. The van der Waals surface area contributed by atoms with Crippen LogP contribution in [0.3, 0.4) is 0 Å². The number of fused-ring (bicyclic) bond motifs is 1. The largest absolute Gasteiger partial charge is 0.497 e. The second kappa shape index (κ2) is 7.89. The molecular formula is C19H18FN5O2S. The number of halogens is 1. The number of benzene rings is 2. The Morgan fingerprint density at radius 2 is 1.96 bits per heavy atom. The third kappa shape index (κ3) is 3.65. The van der Waals surface area contributed by atoms with E-state index in [1.54, 1.807) is 19.2 Å². The molecule has 1 aromatic heterocycles. The van der Waals surface area contributed by atoms with Crippen molar-refractivity contribution >= 4 is 35.0 Å². The zero-order valence-corrected chi connectivity index (χ0v) is 15.9. The van der Waals surface area contributed by atoms with Crippen molar-refractivity contribution in [3.8, 4) is 5.75 Å². The van der Waals surface area contributed by atoms with Gasteiger partial charge < -0.3 is 15.0 Å². The Labute approximate surface area is 165 Å². The minimum absolute atomic E-state index is 0.120. The summed E-state index contributed by atoms with van der Waals surface area (Å²) in [6.45, 7) is 1.50. The van der Waals surface area contributed by atoms with Gasteiger partial charge in [0.05, 0.1) is 18.6 Å². The van der Waals surface area contributed by atoms with E-state index in [2.05, 4.69) is 20.4 Å². The topological polar surface area (TPSA) is 72.3 Å². The second-order valence-electron chi connectivity index (χ2n) is 6.10. The molecule has 4 rings (SSSR count). The smallest absolute Gasteiger partial charge is 0.234 e. The van der Waals surface area contributed by atoms with Gasteiger partial charge in [0, 0.05) is 18.8 Å². The number of rotatable bonds is 6. The Morgan fingerprint density at radius 1 is 1.18 bits per heavy atom. The molecule has 7 nitrogen and oxygen atoms in total. The monoisotopic (exact) mass is 399 g/mol. The number of para-hydroxylation sites is 1. The zero-order valence-electron chi connectivity index (χ0n) is 15.1. The molecule has 9 heteroatoms. The van der Waals surface area contributed by atoms with Gasteiger partial charge >= 0.3 is 0 Å². The lowest BCUT2D eigenvalue weighted by Gasteiger charge is -2.15. The van der Waals surface area contributed by atoms with Gasteiger partial charge in [-0.2, -0.15) is 0 Å². The summed E-state index contributed by atoms with van der Waals surface area (Å²) in [6.07, 6.45) is 0. The van der Waals surface area contributed by atoms with Crippen LogP contribution in [0.5, 0.6) is 5.75 Å². The Bertz CT molecular complexity index is 992. The summed E-state index contributed by atoms with van der Waals surface area (Å²) in [6, 6.07) is 13.8. The summed E-state index contributed by atoms with van der Waals surface area (Å²) in [7, 11) is 1.63. The second-order valence-corrected chi connectivity index (χ2v) is 7.04. The molecule has 1 amide bonds. The highest BCUT2D eigenvalue weighted by Gasteiger charge is 2.26. The van der Waals surface area contributed by atoms with Gasteiger partial charge in [0.25, 0.3) is 0 Å². The van der Waals surface area contributed by atoms with Crippen molar-refractivity contribution in [2.45, 2.75) is 11.7 Å². The molecule has 2 heterocycles. The molecule has 1 N–H and O–H groups in total. The van der Waals surface area contributed by atoms with Crippen LogP contribution in [-0.2, 0) is 11.3 Å². The van der Waals surface area contributed by atoms with E-state index in [4.69, 9.17) is 4.74 Å². The normalized spacial score (nSPS) is 12.7. The average Bonchev–Trinajstić information content (AvgIpc) is 3.31. The van der Waals surface area contributed by atoms with Gasteiger partial charge in [-0.25, -0.2) is 4.39 Å². The highest BCUT2D eigenvalue weighted by Crippen LogP contribution is 2.32.